The van der Waals surface area contributed by atoms with Crippen LogP contribution in [0.4, 0.5) is 0 Å². The van der Waals surface area contributed by atoms with Gasteiger partial charge in [0.15, 0.2) is 0 Å². The van der Waals surface area contributed by atoms with E-state index in [1.54, 1.807) is 0 Å². The number of likely N-dealkylation sites (N-methyl/N-ethyl adjacent to an activating group) is 1. The zero-order valence-corrected chi connectivity index (χ0v) is 10.8. The molecule has 0 aromatic heterocycles. The van der Waals surface area contributed by atoms with Crippen LogP contribution in [0.2, 0.25) is 0 Å². The smallest absolute Gasteiger partial charge is 0.0214 e. The summed E-state index contributed by atoms with van der Waals surface area (Å²) in [6.45, 7) is 8.47. The van der Waals surface area contributed by atoms with Crippen LogP contribution >= 0.6 is 0 Å². The molecule has 0 aromatic carbocycles. The first kappa shape index (κ1) is 13.0. The number of nitrogens with zero attached hydrogens (tertiary/aromatic N) is 1. The summed E-state index contributed by atoms with van der Waals surface area (Å²) in [5.74, 6) is 0.737. The van der Waals surface area contributed by atoms with E-state index in [2.05, 4.69) is 31.1 Å². The second-order valence-electron chi connectivity index (χ2n) is 5.21. The fourth-order valence-electron chi connectivity index (χ4n) is 2.41. The normalized spacial score (nSPS) is 22.4. The molecular formula is C13H28N2. The van der Waals surface area contributed by atoms with Crippen molar-refractivity contribution in [1.82, 2.24) is 10.2 Å². The van der Waals surface area contributed by atoms with E-state index >= 15 is 0 Å². The van der Waals surface area contributed by atoms with Gasteiger partial charge in [0, 0.05) is 12.6 Å². The average molecular weight is 212 g/mol. The third kappa shape index (κ3) is 4.98. The molecule has 1 heterocycles. The van der Waals surface area contributed by atoms with Gasteiger partial charge in [-0.3, -0.25) is 0 Å². The molecule has 0 aromatic rings. The lowest BCUT2D eigenvalue weighted by atomic mass is 10.0. The summed E-state index contributed by atoms with van der Waals surface area (Å²) in [4.78, 5) is 2.65. The van der Waals surface area contributed by atoms with Crippen molar-refractivity contribution in [3.05, 3.63) is 0 Å². The average Bonchev–Trinajstić information content (AvgIpc) is 2.15. The number of hydrogen-bond donors (Lipinski definition) is 1. The van der Waals surface area contributed by atoms with Gasteiger partial charge in [-0.15, -0.1) is 0 Å². The Kier molecular flexibility index (Phi) is 6.26. The summed E-state index contributed by atoms with van der Waals surface area (Å²) in [5, 5.41) is 3.44. The van der Waals surface area contributed by atoms with E-state index in [9.17, 15) is 0 Å². The van der Waals surface area contributed by atoms with E-state index in [-0.39, 0.29) is 0 Å². The Morgan fingerprint density at radius 3 is 2.00 bits per heavy atom. The zero-order chi connectivity index (χ0) is 11.1. The highest BCUT2D eigenvalue weighted by Crippen LogP contribution is 2.12. The Hall–Kier alpha value is -0.0800. The van der Waals surface area contributed by atoms with Crippen LogP contribution in [0.1, 0.15) is 46.0 Å². The lowest BCUT2D eigenvalue weighted by Crippen LogP contribution is -2.43. The lowest BCUT2D eigenvalue weighted by molar-refractivity contribution is 0.206. The molecule has 1 aliphatic rings. The summed E-state index contributed by atoms with van der Waals surface area (Å²) >= 11 is 0. The first-order chi connectivity index (χ1) is 7.24. The van der Waals surface area contributed by atoms with Crippen LogP contribution in [0.15, 0.2) is 0 Å². The van der Waals surface area contributed by atoms with Gasteiger partial charge in [-0.2, -0.15) is 0 Å². The third-order valence-corrected chi connectivity index (χ3v) is 3.58. The van der Waals surface area contributed by atoms with Crippen LogP contribution in [0.5, 0.6) is 0 Å². The molecule has 90 valence electrons. The second-order valence-corrected chi connectivity index (χ2v) is 5.21. The minimum atomic E-state index is 0.657. The van der Waals surface area contributed by atoms with Crippen LogP contribution < -0.4 is 5.32 Å². The SMILES string of the molecule is CNC(CN1CCCCCCC1)C(C)C. The van der Waals surface area contributed by atoms with Crippen LogP contribution in [0.25, 0.3) is 0 Å². The van der Waals surface area contributed by atoms with Crippen molar-refractivity contribution in [2.24, 2.45) is 5.92 Å². The topological polar surface area (TPSA) is 15.3 Å². The van der Waals surface area contributed by atoms with Crippen molar-refractivity contribution in [3.8, 4) is 0 Å². The molecule has 0 bridgehead atoms. The van der Waals surface area contributed by atoms with Crippen molar-refractivity contribution in [2.45, 2.75) is 52.0 Å². The molecule has 1 N–H and O–H groups in total. The molecule has 15 heavy (non-hydrogen) atoms. The number of nitrogens with one attached hydrogen (secondary N) is 1. The highest BCUT2D eigenvalue weighted by molar-refractivity contribution is 4.74. The highest BCUT2D eigenvalue weighted by atomic mass is 15.1. The van der Waals surface area contributed by atoms with Gasteiger partial charge in [0.05, 0.1) is 0 Å². The van der Waals surface area contributed by atoms with Crippen LogP contribution in [0, 0.1) is 5.92 Å². The Balaban J connectivity index is 2.32. The number of rotatable bonds is 4. The fraction of sp³-hybridized carbons (Fsp3) is 1.00. The monoisotopic (exact) mass is 212 g/mol. The molecule has 2 heteroatoms. The second kappa shape index (κ2) is 7.24. The number of hydrogen-bond acceptors (Lipinski definition) is 2. The largest absolute Gasteiger partial charge is 0.315 e. The van der Waals surface area contributed by atoms with Crippen LogP contribution in [-0.2, 0) is 0 Å². The first-order valence-electron chi connectivity index (χ1n) is 6.63. The Labute approximate surface area is 95.4 Å². The van der Waals surface area contributed by atoms with Crippen molar-refractivity contribution >= 4 is 0 Å². The Morgan fingerprint density at radius 1 is 1.00 bits per heavy atom. The molecule has 0 saturated carbocycles. The summed E-state index contributed by atoms with van der Waals surface area (Å²) in [6, 6.07) is 0.657. The molecule has 1 rings (SSSR count). The van der Waals surface area contributed by atoms with Gasteiger partial charge in [0.1, 0.15) is 0 Å². The molecule has 0 spiro atoms. The molecule has 2 nitrogen and oxygen atoms in total. The summed E-state index contributed by atoms with van der Waals surface area (Å²) < 4.78 is 0. The molecule has 1 fully saturated rings. The van der Waals surface area contributed by atoms with Crippen molar-refractivity contribution in [3.63, 3.8) is 0 Å². The van der Waals surface area contributed by atoms with Gasteiger partial charge in [-0.1, -0.05) is 33.1 Å². The summed E-state index contributed by atoms with van der Waals surface area (Å²) in [7, 11) is 2.09. The minimum absolute atomic E-state index is 0.657. The van der Waals surface area contributed by atoms with Gasteiger partial charge in [0.25, 0.3) is 0 Å². The summed E-state index contributed by atoms with van der Waals surface area (Å²) in [5.41, 5.74) is 0. The van der Waals surface area contributed by atoms with Gasteiger partial charge in [-0.05, 0) is 38.9 Å². The Morgan fingerprint density at radius 2 is 1.53 bits per heavy atom. The van der Waals surface area contributed by atoms with Gasteiger partial charge >= 0.3 is 0 Å². The van der Waals surface area contributed by atoms with Gasteiger partial charge in [-0.25, -0.2) is 0 Å². The Bertz CT molecular complexity index is 149. The zero-order valence-electron chi connectivity index (χ0n) is 10.8. The maximum Gasteiger partial charge on any atom is 0.0214 e. The third-order valence-electron chi connectivity index (χ3n) is 3.58. The molecule has 1 unspecified atom stereocenters. The van der Waals surface area contributed by atoms with E-state index in [0.717, 1.165) is 5.92 Å². The highest BCUT2D eigenvalue weighted by Gasteiger charge is 2.16. The molecule has 1 aliphatic heterocycles. The van der Waals surface area contributed by atoms with Crippen LogP contribution in [-0.4, -0.2) is 37.6 Å². The summed E-state index contributed by atoms with van der Waals surface area (Å²) in [6.07, 6.45) is 7.11. The maximum atomic E-state index is 3.44. The predicted molar refractivity (Wildman–Crippen MR) is 67.2 cm³/mol. The van der Waals surface area contributed by atoms with Crippen LogP contribution in [0.3, 0.4) is 0 Å². The van der Waals surface area contributed by atoms with E-state index in [0.29, 0.717) is 6.04 Å². The molecule has 0 radical (unpaired) electrons. The fourth-order valence-corrected chi connectivity index (χ4v) is 2.41. The van der Waals surface area contributed by atoms with Crippen molar-refractivity contribution in [1.29, 1.82) is 0 Å². The van der Waals surface area contributed by atoms with Gasteiger partial charge < -0.3 is 10.2 Å². The van der Waals surface area contributed by atoms with Crippen molar-refractivity contribution < 1.29 is 0 Å². The minimum Gasteiger partial charge on any atom is -0.315 e. The van der Waals surface area contributed by atoms with Crippen molar-refractivity contribution in [2.75, 3.05) is 26.7 Å². The molecule has 0 aliphatic carbocycles. The predicted octanol–water partition coefficient (Wildman–Crippen LogP) is 2.50. The first-order valence-corrected chi connectivity index (χ1v) is 6.63. The van der Waals surface area contributed by atoms with E-state index in [4.69, 9.17) is 0 Å². The standard InChI is InChI=1S/C13H28N2/c1-12(2)13(14-3)11-15-9-7-5-4-6-8-10-15/h12-14H,4-11H2,1-3H3. The van der Waals surface area contributed by atoms with E-state index in [1.807, 2.05) is 0 Å². The number of likely N-dealkylation sites (tertiary alicyclic amines) is 1. The molecule has 1 atom stereocenters. The maximum absolute atomic E-state index is 3.44. The van der Waals surface area contributed by atoms with E-state index in [1.165, 1.54) is 51.7 Å². The van der Waals surface area contributed by atoms with E-state index < -0.39 is 0 Å². The quantitative estimate of drug-likeness (QED) is 0.770. The molecule has 1 saturated heterocycles. The lowest BCUT2D eigenvalue weighted by Gasteiger charge is -2.30. The molecular weight excluding hydrogens is 184 g/mol. The van der Waals surface area contributed by atoms with Gasteiger partial charge in [0.2, 0.25) is 0 Å². The molecule has 0 amide bonds.